The fraction of sp³-hybridized carbons (Fsp3) is 0.136. The first kappa shape index (κ1) is 18.5. The summed E-state index contributed by atoms with van der Waals surface area (Å²) in [6.45, 7) is 2.00. The van der Waals surface area contributed by atoms with E-state index in [9.17, 15) is 14.4 Å². The second kappa shape index (κ2) is 7.27. The molecular formula is C22H19N3O4. The van der Waals surface area contributed by atoms with E-state index in [1.54, 1.807) is 48.9 Å². The van der Waals surface area contributed by atoms with Gasteiger partial charge in [-0.1, -0.05) is 24.3 Å². The molecule has 0 spiro atoms. The lowest BCUT2D eigenvalue weighted by molar-refractivity contribution is 0.0526. The molecule has 2 N–H and O–H groups in total. The van der Waals surface area contributed by atoms with Crippen molar-refractivity contribution in [3.05, 3.63) is 76.2 Å². The van der Waals surface area contributed by atoms with Crippen LogP contribution in [0.2, 0.25) is 0 Å². The third-order valence-electron chi connectivity index (χ3n) is 4.77. The summed E-state index contributed by atoms with van der Waals surface area (Å²) in [7, 11) is 1.75. The van der Waals surface area contributed by atoms with Gasteiger partial charge in [-0.2, -0.15) is 0 Å². The van der Waals surface area contributed by atoms with E-state index in [0.717, 1.165) is 5.39 Å². The fourth-order valence-corrected chi connectivity index (χ4v) is 3.44. The minimum Gasteiger partial charge on any atom is -0.462 e. The zero-order chi connectivity index (χ0) is 20.5. The van der Waals surface area contributed by atoms with Crippen molar-refractivity contribution < 1.29 is 14.3 Å². The van der Waals surface area contributed by atoms with Crippen LogP contribution < -0.4 is 10.9 Å². The first-order valence-corrected chi connectivity index (χ1v) is 9.18. The summed E-state index contributed by atoms with van der Waals surface area (Å²) in [5.74, 6) is -0.834. The summed E-state index contributed by atoms with van der Waals surface area (Å²) in [6.07, 6.45) is 0. The summed E-state index contributed by atoms with van der Waals surface area (Å²) in [5.41, 5.74) is 2.30. The highest BCUT2D eigenvalue weighted by atomic mass is 16.5. The molecule has 7 nitrogen and oxygen atoms in total. The molecule has 0 saturated carbocycles. The summed E-state index contributed by atoms with van der Waals surface area (Å²) in [6, 6.07) is 15.6. The Morgan fingerprint density at radius 1 is 1.07 bits per heavy atom. The highest BCUT2D eigenvalue weighted by Crippen LogP contribution is 2.24. The van der Waals surface area contributed by atoms with Crippen molar-refractivity contribution in [2.75, 3.05) is 11.9 Å². The number of aromatic nitrogens is 2. The monoisotopic (exact) mass is 389 g/mol. The first-order valence-electron chi connectivity index (χ1n) is 9.18. The minimum atomic E-state index is -0.453. The minimum absolute atomic E-state index is 0.252. The summed E-state index contributed by atoms with van der Waals surface area (Å²) in [4.78, 5) is 40.1. The van der Waals surface area contributed by atoms with Gasteiger partial charge in [-0.25, -0.2) is 4.79 Å². The second-order valence-corrected chi connectivity index (χ2v) is 6.61. The van der Waals surface area contributed by atoms with E-state index in [-0.39, 0.29) is 18.1 Å². The Bertz CT molecular complexity index is 1320. The third kappa shape index (κ3) is 3.27. The number of aryl methyl sites for hydroxylation is 1. The zero-order valence-corrected chi connectivity index (χ0v) is 16.0. The van der Waals surface area contributed by atoms with Gasteiger partial charge in [0.15, 0.2) is 0 Å². The van der Waals surface area contributed by atoms with Crippen LogP contribution >= 0.6 is 0 Å². The number of anilines is 1. The molecule has 0 unspecified atom stereocenters. The van der Waals surface area contributed by atoms with Gasteiger partial charge in [0.2, 0.25) is 0 Å². The lowest BCUT2D eigenvalue weighted by Gasteiger charge is -2.09. The number of nitrogens with one attached hydrogen (secondary N) is 2. The van der Waals surface area contributed by atoms with E-state index in [1.165, 1.54) is 0 Å². The molecule has 2 aromatic heterocycles. The summed E-state index contributed by atoms with van der Waals surface area (Å²) >= 11 is 0. The van der Waals surface area contributed by atoms with Gasteiger partial charge in [-0.3, -0.25) is 9.59 Å². The number of hydrogen-bond donors (Lipinski definition) is 2. The lowest BCUT2D eigenvalue weighted by atomic mass is 10.1. The van der Waals surface area contributed by atoms with Crippen molar-refractivity contribution in [1.29, 1.82) is 0 Å². The van der Waals surface area contributed by atoms with Crippen LogP contribution in [0.5, 0.6) is 0 Å². The Kier molecular flexibility index (Phi) is 4.64. The van der Waals surface area contributed by atoms with E-state index < -0.39 is 5.97 Å². The summed E-state index contributed by atoms with van der Waals surface area (Å²) in [5, 5.41) is 4.08. The molecule has 146 valence electrons. The molecule has 4 aromatic rings. The maximum absolute atomic E-state index is 12.9. The topological polar surface area (TPSA) is 93.2 Å². The molecule has 2 aromatic carbocycles. The van der Waals surface area contributed by atoms with Gasteiger partial charge in [-0.15, -0.1) is 0 Å². The van der Waals surface area contributed by atoms with Crippen LogP contribution in [0.4, 0.5) is 5.69 Å². The maximum atomic E-state index is 12.9. The number of para-hydroxylation sites is 1. The number of amides is 1. The fourth-order valence-electron chi connectivity index (χ4n) is 3.44. The Morgan fingerprint density at radius 3 is 2.66 bits per heavy atom. The standard InChI is InChI=1S/C22H19N3O4/c1-3-29-22(28)13-7-6-8-14(11-13)23-21(27)18-12-16-19(25(18)2)15-9-4-5-10-17(15)24-20(16)26/h4-12H,3H2,1-2H3,(H,23,27)(H,24,26). The van der Waals surface area contributed by atoms with Gasteiger partial charge in [0.1, 0.15) is 5.69 Å². The Balaban J connectivity index is 1.73. The van der Waals surface area contributed by atoms with Crippen molar-refractivity contribution in [2.24, 2.45) is 7.05 Å². The Labute approximate surface area is 165 Å². The average molecular weight is 389 g/mol. The molecule has 4 rings (SSSR count). The molecule has 0 radical (unpaired) electrons. The molecule has 0 saturated heterocycles. The maximum Gasteiger partial charge on any atom is 0.338 e. The number of hydrogen-bond acceptors (Lipinski definition) is 4. The average Bonchev–Trinajstić information content (AvgIpc) is 3.07. The molecule has 2 heterocycles. The number of rotatable bonds is 4. The highest BCUT2D eigenvalue weighted by Gasteiger charge is 2.18. The molecule has 0 aliphatic heterocycles. The Hall–Kier alpha value is -3.87. The van der Waals surface area contributed by atoms with Gasteiger partial charge in [0, 0.05) is 18.1 Å². The predicted molar refractivity (Wildman–Crippen MR) is 111 cm³/mol. The molecule has 7 heteroatoms. The number of ether oxygens (including phenoxy) is 1. The number of nitrogens with zero attached hydrogens (tertiary/aromatic N) is 1. The van der Waals surface area contributed by atoms with E-state index in [4.69, 9.17) is 4.74 Å². The number of fused-ring (bicyclic) bond motifs is 3. The number of carbonyl (C=O) groups is 2. The molecule has 0 aliphatic carbocycles. The van der Waals surface area contributed by atoms with Crippen LogP contribution in [0.25, 0.3) is 21.8 Å². The first-order chi connectivity index (χ1) is 14.0. The number of aromatic amines is 1. The van der Waals surface area contributed by atoms with E-state index >= 15 is 0 Å². The molecular weight excluding hydrogens is 370 g/mol. The van der Waals surface area contributed by atoms with Gasteiger partial charge in [-0.05, 0) is 37.3 Å². The van der Waals surface area contributed by atoms with Crippen molar-refractivity contribution in [3.63, 3.8) is 0 Å². The molecule has 29 heavy (non-hydrogen) atoms. The molecule has 0 fully saturated rings. The Morgan fingerprint density at radius 2 is 1.86 bits per heavy atom. The van der Waals surface area contributed by atoms with Gasteiger partial charge in [0.25, 0.3) is 11.5 Å². The number of carbonyl (C=O) groups excluding carboxylic acids is 2. The van der Waals surface area contributed by atoms with Crippen LogP contribution in [0.1, 0.15) is 27.8 Å². The van der Waals surface area contributed by atoms with E-state index in [0.29, 0.717) is 33.4 Å². The number of pyridine rings is 1. The lowest BCUT2D eigenvalue weighted by Crippen LogP contribution is -2.16. The van der Waals surface area contributed by atoms with Crippen molar-refractivity contribution in [2.45, 2.75) is 6.92 Å². The quantitative estimate of drug-likeness (QED) is 0.523. The number of esters is 1. The van der Waals surface area contributed by atoms with Crippen molar-refractivity contribution in [1.82, 2.24) is 9.55 Å². The van der Waals surface area contributed by atoms with Crippen LogP contribution in [-0.4, -0.2) is 28.0 Å². The van der Waals surface area contributed by atoms with Gasteiger partial charge < -0.3 is 19.6 Å². The van der Waals surface area contributed by atoms with Crippen LogP contribution in [-0.2, 0) is 11.8 Å². The second-order valence-electron chi connectivity index (χ2n) is 6.61. The zero-order valence-electron chi connectivity index (χ0n) is 16.0. The van der Waals surface area contributed by atoms with E-state index in [1.807, 2.05) is 24.3 Å². The van der Waals surface area contributed by atoms with Crippen molar-refractivity contribution >= 4 is 39.4 Å². The van der Waals surface area contributed by atoms with E-state index in [2.05, 4.69) is 10.3 Å². The highest BCUT2D eigenvalue weighted by molar-refractivity contribution is 6.11. The normalized spacial score (nSPS) is 11.0. The predicted octanol–water partition coefficient (Wildman–Crippen LogP) is 3.45. The summed E-state index contributed by atoms with van der Waals surface area (Å²) < 4.78 is 6.70. The van der Waals surface area contributed by atoms with Gasteiger partial charge >= 0.3 is 5.97 Å². The van der Waals surface area contributed by atoms with Gasteiger partial charge in [0.05, 0.1) is 28.6 Å². The van der Waals surface area contributed by atoms with Crippen LogP contribution in [0, 0.1) is 0 Å². The SMILES string of the molecule is CCOC(=O)c1cccc(NC(=O)c2cc3c(=O)[nH]c4ccccc4c3n2C)c1. The molecule has 0 aliphatic rings. The third-order valence-corrected chi connectivity index (χ3v) is 4.77. The van der Waals surface area contributed by atoms with Crippen LogP contribution in [0.3, 0.4) is 0 Å². The number of benzene rings is 2. The van der Waals surface area contributed by atoms with Crippen LogP contribution in [0.15, 0.2) is 59.4 Å². The molecule has 0 atom stereocenters. The number of H-pyrrole nitrogens is 1. The largest absolute Gasteiger partial charge is 0.462 e. The molecule has 1 amide bonds. The van der Waals surface area contributed by atoms with Crippen molar-refractivity contribution in [3.8, 4) is 0 Å². The smallest absolute Gasteiger partial charge is 0.338 e. The molecule has 0 bridgehead atoms.